The predicted octanol–water partition coefficient (Wildman–Crippen LogP) is 0.576. The van der Waals surface area contributed by atoms with Crippen molar-refractivity contribution in [1.82, 2.24) is 5.32 Å². The van der Waals surface area contributed by atoms with Gasteiger partial charge in [0.25, 0.3) is 0 Å². The van der Waals surface area contributed by atoms with Gasteiger partial charge in [-0.3, -0.25) is 4.79 Å². The Bertz CT molecular complexity index is 518. The highest BCUT2D eigenvalue weighted by atomic mass is 16.6. The van der Waals surface area contributed by atoms with E-state index < -0.39 is 5.92 Å². The number of nitrogens with one attached hydrogen (secondary N) is 1. The van der Waals surface area contributed by atoms with Gasteiger partial charge in [0.15, 0.2) is 0 Å². The summed E-state index contributed by atoms with van der Waals surface area (Å²) in [5.41, 5.74) is 0.799. The Hall–Kier alpha value is -1.43. The number of carbonyl (C=O) groups excluding carboxylic acids is 1. The second-order valence-electron chi connectivity index (χ2n) is 6.12. The van der Waals surface area contributed by atoms with E-state index in [0.717, 1.165) is 18.4 Å². The van der Waals surface area contributed by atoms with Crippen LogP contribution in [0.25, 0.3) is 0 Å². The number of rotatable bonds is 4. The van der Waals surface area contributed by atoms with Crippen molar-refractivity contribution in [2.75, 3.05) is 6.61 Å². The van der Waals surface area contributed by atoms with Crippen LogP contribution in [0.1, 0.15) is 24.3 Å². The van der Waals surface area contributed by atoms with Crippen LogP contribution >= 0.6 is 0 Å². The molecular formula is C16H19NO4. The molecule has 0 saturated carbocycles. The maximum atomic E-state index is 12.3. The molecule has 3 aliphatic heterocycles. The summed E-state index contributed by atoms with van der Waals surface area (Å²) in [6.45, 7) is -0.227. The van der Waals surface area contributed by atoms with Crippen molar-refractivity contribution in [1.29, 1.82) is 0 Å². The molecule has 1 aromatic rings. The minimum absolute atomic E-state index is 0.0667. The molecule has 3 heterocycles. The molecule has 5 nitrogen and oxygen atoms in total. The number of aliphatic hydroxyl groups excluding tert-OH is 1. The first kappa shape index (κ1) is 13.2. The number of aliphatic hydroxyl groups is 1. The monoisotopic (exact) mass is 289 g/mol. The van der Waals surface area contributed by atoms with Crippen molar-refractivity contribution in [2.24, 2.45) is 0 Å². The number of fused-ring (bicyclic) bond motifs is 5. The standard InChI is InChI=1S/C16H19NO4/c18-8-11(9-4-2-1-3-5-9)16(19)20-10-6-12-14-15(21-14)13(7-10)17-12/h1-5,10-15,17-18H,6-8H2/t10?,11-,12-,13+,14-,15-/m0/s1. The van der Waals surface area contributed by atoms with Crippen molar-refractivity contribution in [2.45, 2.75) is 49.2 Å². The second kappa shape index (κ2) is 5.09. The van der Waals surface area contributed by atoms with Gasteiger partial charge in [0.2, 0.25) is 0 Å². The van der Waals surface area contributed by atoms with E-state index in [1.807, 2.05) is 30.3 Å². The highest BCUT2D eigenvalue weighted by Crippen LogP contribution is 2.42. The van der Waals surface area contributed by atoms with Crippen LogP contribution < -0.4 is 5.32 Å². The predicted molar refractivity (Wildman–Crippen MR) is 74.8 cm³/mol. The topological polar surface area (TPSA) is 71.1 Å². The molecule has 0 spiro atoms. The normalized spacial score (nSPS) is 37.7. The third kappa shape index (κ3) is 2.35. The van der Waals surface area contributed by atoms with Gasteiger partial charge in [-0.2, -0.15) is 0 Å². The lowest BCUT2D eigenvalue weighted by Gasteiger charge is -2.31. The van der Waals surface area contributed by atoms with Gasteiger partial charge >= 0.3 is 5.97 Å². The SMILES string of the molecule is O=C(OC1C[C@@H]2N[C@H](C1)[C@@H]1O[C@H]12)[C@@H](CO)c1ccccc1. The summed E-state index contributed by atoms with van der Waals surface area (Å²) >= 11 is 0. The molecule has 1 aromatic carbocycles. The number of epoxide rings is 1. The fourth-order valence-corrected chi connectivity index (χ4v) is 3.66. The van der Waals surface area contributed by atoms with E-state index in [-0.39, 0.29) is 18.7 Å². The largest absolute Gasteiger partial charge is 0.462 e. The Morgan fingerprint density at radius 1 is 1.29 bits per heavy atom. The van der Waals surface area contributed by atoms with Crippen LogP contribution in [-0.4, -0.2) is 48.1 Å². The van der Waals surface area contributed by atoms with Crippen LogP contribution in [0, 0.1) is 0 Å². The molecule has 112 valence electrons. The first-order valence-electron chi connectivity index (χ1n) is 7.54. The molecule has 4 rings (SSSR count). The van der Waals surface area contributed by atoms with E-state index in [0.29, 0.717) is 24.3 Å². The Morgan fingerprint density at radius 2 is 1.95 bits per heavy atom. The molecule has 6 atom stereocenters. The van der Waals surface area contributed by atoms with E-state index in [2.05, 4.69) is 5.32 Å². The van der Waals surface area contributed by atoms with Gasteiger partial charge in [0.05, 0.1) is 6.61 Å². The highest BCUT2D eigenvalue weighted by Gasteiger charge is 2.59. The second-order valence-corrected chi connectivity index (χ2v) is 6.12. The number of hydrogen-bond donors (Lipinski definition) is 2. The third-order valence-electron chi connectivity index (χ3n) is 4.77. The lowest BCUT2D eigenvalue weighted by Crippen LogP contribution is -2.47. The first-order valence-corrected chi connectivity index (χ1v) is 7.54. The maximum Gasteiger partial charge on any atom is 0.316 e. The number of ether oxygens (including phenoxy) is 2. The fraction of sp³-hybridized carbons (Fsp3) is 0.562. The molecule has 2 N–H and O–H groups in total. The number of morpholine rings is 1. The molecular weight excluding hydrogens is 270 g/mol. The average Bonchev–Trinajstić information content (AvgIpc) is 3.25. The smallest absolute Gasteiger partial charge is 0.316 e. The van der Waals surface area contributed by atoms with Crippen molar-refractivity contribution < 1.29 is 19.4 Å². The Labute approximate surface area is 123 Å². The van der Waals surface area contributed by atoms with Gasteiger partial charge in [-0.25, -0.2) is 0 Å². The third-order valence-corrected chi connectivity index (χ3v) is 4.77. The van der Waals surface area contributed by atoms with E-state index in [9.17, 15) is 9.90 Å². The Balaban J connectivity index is 1.41. The zero-order valence-electron chi connectivity index (χ0n) is 11.6. The molecule has 3 saturated heterocycles. The van der Waals surface area contributed by atoms with Gasteiger partial charge < -0.3 is 19.9 Å². The first-order chi connectivity index (χ1) is 10.3. The van der Waals surface area contributed by atoms with Crippen LogP contribution in [0.2, 0.25) is 0 Å². The van der Waals surface area contributed by atoms with Crippen LogP contribution in [0.3, 0.4) is 0 Å². The number of benzene rings is 1. The molecule has 0 amide bonds. The lowest BCUT2D eigenvalue weighted by molar-refractivity contribution is -0.154. The molecule has 2 bridgehead atoms. The number of hydrogen-bond acceptors (Lipinski definition) is 5. The van der Waals surface area contributed by atoms with Crippen LogP contribution in [-0.2, 0) is 14.3 Å². The van der Waals surface area contributed by atoms with E-state index in [4.69, 9.17) is 9.47 Å². The maximum absolute atomic E-state index is 12.3. The van der Waals surface area contributed by atoms with E-state index >= 15 is 0 Å². The molecule has 0 aliphatic carbocycles. The number of piperidine rings is 1. The van der Waals surface area contributed by atoms with Gasteiger partial charge in [-0.05, 0) is 5.56 Å². The van der Waals surface area contributed by atoms with E-state index in [1.54, 1.807) is 0 Å². The zero-order chi connectivity index (χ0) is 14.4. The van der Waals surface area contributed by atoms with Gasteiger partial charge in [-0.15, -0.1) is 0 Å². The fourth-order valence-electron chi connectivity index (χ4n) is 3.66. The van der Waals surface area contributed by atoms with Crippen molar-refractivity contribution >= 4 is 5.97 Å². The summed E-state index contributed by atoms with van der Waals surface area (Å²) in [4.78, 5) is 12.3. The molecule has 1 unspecified atom stereocenters. The number of esters is 1. The van der Waals surface area contributed by atoms with Gasteiger partial charge in [-0.1, -0.05) is 30.3 Å². The summed E-state index contributed by atoms with van der Waals surface area (Å²) in [6.07, 6.45) is 2.18. The van der Waals surface area contributed by atoms with Crippen molar-refractivity contribution in [3.8, 4) is 0 Å². The average molecular weight is 289 g/mol. The van der Waals surface area contributed by atoms with Crippen LogP contribution in [0.5, 0.6) is 0 Å². The van der Waals surface area contributed by atoms with Gasteiger partial charge in [0, 0.05) is 24.9 Å². The number of carbonyl (C=O) groups is 1. The molecule has 5 heteroatoms. The molecule has 21 heavy (non-hydrogen) atoms. The summed E-state index contributed by atoms with van der Waals surface area (Å²) in [5.74, 6) is -0.922. The lowest BCUT2D eigenvalue weighted by atomic mass is 9.98. The van der Waals surface area contributed by atoms with Crippen LogP contribution in [0.15, 0.2) is 30.3 Å². The summed E-state index contributed by atoms with van der Waals surface area (Å²) in [7, 11) is 0. The molecule has 0 radical (unpaired) electrons. The quantitative estimate of drug-likeness (QED) is 0.626. The summed E-state index contributed by atoms with van der Waals surface area (Å²) in [5, 5.41) is 13.0. The van der Waals surface area contributed by atoms with E-state index in [1.165, 1.54) is 0 Å². The Morgan fingerprint density at radius 3 is 2.57 bits per heavy atom. The Kier molecular flexibility index (Phi) is 3.21. The minimum atomic E-state index is -0.593. The zero-order valence-corrected chi connectivity index (χ0v) is 11.6. The molecule has 3 aliphatic rings. The van der Waals surface area contributed by atoms with Crippen molar-refractivity contribution in [3.05, 3.63) is 35.9 Å². The minimum Gasteiger partial charge on any atom is -0.462 e. The van der Waals surface area contributed by atoms with Crippen LogP contribution in [0.4, 0.5) is 0 Å². The highest BCUT2D eigenvalue weighted by molar-refractivity contribution is 5.78. The molecule has 0 aromatic heterocycles. The summed E-state index contributed by atoms with van der Waals surface area (Å²) < 4.78 is 11.2. The summed E-state index contributed by atoms with van der Waals surface area (Å²) in [6, 6.07) is 9.93. The molecule has 3 fully saturated rings. The van der Waals surface area contributed by atoms with Gasteiger partial charge in [0.1, 0.15) is 24.2 Å². The van der Waals surface area contributed by atoms with Crippen molar-refractivity contribution in [3.63, 3.8) is 0 Å².